The number of rotatable bonds is 3. The summed E-state index contributed by atoms with van der Waals surface area (Å²) in [6.45, 7) is 11.7. The van der Waals surface area contributed by atoms with Crippen molar-refractivity contribution in [2.45, 2.75) is 159 Å². The zero-order chi connectivity index (χ0) is 31.6. The topological polar surface area (TPSA) is 85.4 Å². The van der Waals surface area contributed by atoms with Crippen molar-refractivity contribution in [2.75, 3.05) is 39.3 Å². The van der Waals surface area contributed by atoms with Crippen LogP contribution in [-0.4, -0.2) is 113 Å². The van der Waals surface area contributed by atoms with E-state index in [1.807, 2.05) is 25.7 Å². The zero-order valence-electron chi connectivity index (χ0n) is 28.5. The predicted octanol–water partition coefficient (Wildman–Crippen LogP) is 5.17. The maximum atomic E-state index is 12.7. The molecule has 0 aromatic rings. The van der Waals surface area contributed by atoms with E-state index in [-0.39, 0.29) is 6.09 Å². The molecule has 3 amide bonds. The molecule has 0 unspecified atom stereocenters. The molecule has 7 aliphatic rings. The van der Waals surface area contributed by atoms with Crippen LogP contribution in [0.1, 0.15) is 124 Å². The molecule has 5 saturated heterocycles. The van der Waals surface area contributed by atoms with E-state index in [0.29, 0.717) is 53.9 Å². The van der Waals surface area contributed by atoms with E-state index in [1.54, 1.807) is 0 Å². The van der Waals surface area contributed by atoms with Gasteiger partial charge in [0.2, 0.25) is 11.8 Å². The summed E-state index contributed by atoms with van der Waals surface area (Å²) in [7, 11) is 0. The lowest BCUT2D eigenvalue weighted by atomic mass is 9.84. The number of nitrogens with one attached hydrogen (secondary N) is 1. The van der Waals surface area contributed by atoms with Gasteiger partial charge in [0.15, 0.2) is 0 Å². The minimum absolute atomic E-state index is 0.177. The number of hydrogen-bond acceptors (Lipinski definition) is 6. The Labute approximate surface area is 272 Å². The van der Waals surface area contributed by atoms with Crippen molar-refractivity contribution in [1.29, 1.82) is 0 Å². The summed E-state index contributed by atoms with van der Waals surface area (Å²) in [5.41, 5.74) is -0.430. The molecule has 5 aliphatic heterocycles. The molecule has 1 N–H and O–H groups in total. The molecule has 9 nitrogen and oxygen atoms in total. The van der Waals surface area contributed by atoms with Crippen LogP contribution < -0.4 is 5.32 Å². The maximum absolute atomic E-state index is 12.7. The van der Waals surface area contributed by atoms with Crippen LogP contribution in [0.3, 0.4) is 0 Å². The van der Waals surface area contributed by atoms with Gasteiger partial charge in [-0.15, -0.1) is 0 Å². The zero-order valence-corrected chi connectivity index (χ0v) is 28.5. The number of amides is 3. The summed E-state index contributed by atoms with van der Waals surface area (Å²) in [6, 6.07) is 2.69. The first kappa shape index (κ1) is 33.0. The molecule has 0 aromatic carbocycles. The van der Waals surface area contributed by atoms with Crippen molar-refractivity contribution < 1.29 is 19.1 Å². The first-order valence-electron chi connectivity index (χ1n) is 18.7. The summed E-state index contributed by atoms with van der Waals surface area (Å²) in [6.07, 6.45) is 18.4. The third-order valence-corrected chi connectivity index (χ3v) is 12.1. The third kappa shape index (κ3) is 7.82. The van der Waals surface area contributed by atoms with E-state index >= 15 is 0 Å². The number of piperidine rings is 3. The van der Waals surface area contributed by atoms with Crippen molar-refractivity contribution in [2.24, 2.45) is 11.8 Å². The highest BCUT2D eigenvalue weighted by Crippen LogP contribution is 2.41. The number of ether oxygens (including phenoxy) is 1. The van der Waals surface area contributed by atoms with Gasteiger partial charge < -0.3 is 29.7 Å². The average molecular weight is 628 g/mol. The van der Waals surface area contributed by atoms with Gasteiger partial charge in [-0.1, -0.05) is 25.7 Å². The molecule has 0 aromatic heterocycles. The lowest BCUT2D eigenvalue weighted by Crippen LogP contribution is -2.53. The monoisotopic (exact) mass is 627 g/mol. The molecule has 7 fully saturated rings. The smallest absolute Gasteiger partial charge is 0.410 e. The fourth-order valence-electron chi connectivity index (χ4n) is 9.92. The van der Waals surface area contributed by atoms with E-state index in [0.717, 1.165) is 90.6 Å². The second-order valence-electron chi connectivity index (χ2n) is 16.2. The van der Waals surface area contributed by atoms with Crippen molar-refractivity contribution in [3.05, 3.63) is 0 Å². The summed E-state index contributed by atoms with van der Waals surface area (Å²) in [5.74, 6) is 2.19. The van der Waals surface area contributed by atoms with Crippen LogP contribution in [0.2, 0.25) is 0 Å². The highest BCUT2D eigenvalue weighted by Gasteiger charge is 2.45. The van der Waals surface area contributed by atoms with Crippen LogP contribution in [-0.2, 0) is 14.3 Å². The molecule has 9 heteroatoms. The first-order chi connectivity index (χ1) is 21.7. The van der Waals surface area contributed by atoms with E-state index in [2.05, 4.69) is 20.0 Å². The van der Waals surface area contributed by atoms with Crippen molar-refractivity contribution in [3.63, 3.8) is 0 Å². The summed E-state index contributed by atoms with van der Waals surface area (Å²) in [4.78, 5) is 46.2. The fourth-order valence-corrected chi connectivity index (χ4v) is 9.92. The van der Waals surface area contributed by atoms with Crippen molar-refractivity contribution >= 4 is 17.9 Å². The van der Waals surface area contributed by atoms with Gasteiger partial charge >= 0.3 is 6.09 Å². The molecule has 7 rings (SSSR count). The Morgan fingerprint density at radius 2 is 1.11 bits per heavy atom. The fraction of sp³-hybridized carbons (Fsp3) is 0.917. The highest BCUT2D eigenvalue weighted by atomic mass is 16.6. The maximum Gasteiger partial charge on any atom is 0.410 e. The number of hydrogen-bond donors (Lipinski definition) is 1. The summed E-state index contributed by atoms with van der Waals surface area (Å²) >= 11 is 0. The van der Waals surface area contributed by atoms with E-state index < -0.39 is 5.60 Å². The lowest BCUT2D eigenvalue weighted by molar-refractivity contribution is -0.133. The summed E-state index contributed by atoms with van der Waals surface area (Å²) in [5, 5.41) is 3.39. The number of nitrogens with zero attached hydrogens (tertiary/aromatic N) is 4. The van der Waals surface area contributed by atoms with Crippen molar-refractivity contribution in [3.8, 4) is 0 Å². The van der Waals surface area contributed by atoms with Crippen LogP contribution in [0, 0.1) is 11.8 Å². The van der Waals surface area contributed by atoms with Crippen LogP contribution in [0.4, 0.5) is 4.79 Å². The Morgan fingerprint density at radius 3 is 1.62 bits per heavy atom. The largest absolute Gasteiger partial charge is 0.444 e. The Morgan fingerprint density at radius 1 is 0.644 bits per heavy atom. The quantitative estimate of drug-likeness (QED) is 0.465. The molecule has 0 radical (unpaired) electrons. The van der Waals surface area contributed by atoms with Crippen LogP contribution in [0.5, 0.6) is 0 Å². The molecule has 5 heterocycles. The van der Waals surface area contributed by atoms with Gasteiger partial charge in [0.25, 0.3) is 0 Å². The second kappa shape index (κ2) is 14.5. The molecular formula is C36H61N5O4. The Kier molecular flexibility index (Phi) is 10.6. The van der Waals surface area contributed by atoms with Gasteiger partial charge in [-0.2, -0.15) is 0 Å². The molecule has 2 saturated carbocycles. The highest BCUT2D eigenvalue weighted by molar-refractivity contribution is 5.80. The molecule has 45 heavy (non-hydrogen) atoms. The lowest BCUT2D eigenvalue weighted by Gasteiger charge is -2.45. The van der Waals surface area contributed by atoms with Crippen LogP contribution >= 0.6 is 0 Å². The molecule has 2 aliphatic carbocycles. The SMILES string of the molecule is CC(C)(C)OC(=O)N1CCC(N2CCC(N3C(=O)C[C@H]4CCCC[C@@H]43)CC2)CC1.O=C1C[C@H]2CCCC[C@@H]2N1C1CCNCC1. The van der Waals surface area contributed by atoms with E-state index in [1.165, 1.54) is 51.4 Å². The minimum atomic E-state index is -0.430. The number of fused-ring (bicyclic) bond motifs is 2. The third-order valence-electron chi connectivity index (χ3n) is 12.1. The van der Waals surface area contributed by atoms with E-state index in [9.17, 15) is 14.4 Å². The molecule has 0 spiro atoms. The molecular weight excluding hydrogens is 566 g/mol. The Bertz CT molecular complexity index is 1020. The Hall–Kier alpha value is -1.87. The van der Waals surface area contributed by atoms with Gasteiger partial charge in [0.05, 0.1) is 0 Å². The molecule has 254 valence electrons. The minimum Gasteiger partial charge on any atom is -0.444 e. The number of carbonyl (C=O) groups excluding carboxylic acids is 3. The second-order valence-corrected chi connectivity index (χ2v) is 16.2. The Balaban J connectivity index is 0.000000187. The number of likely N-dealkylation sites (tertiary alicyclic amines) is 4. The first-order valence-corrected chi connectivity index (χ1v) is 18.7. The predicted molar refractivity (Wildman–Crippen MR) is 176 cm³/mol. The number of carbonyl (C=O) groups is 3. The van der Waals surface area contributed by atoms with Crippen molar-refractivity contribution in [1.82, 2.24) is 24.9 Å². The van der Waals surface area contributed by atoms with Gasteiger partial charge in [-0.3, -0.25) is 9.59 Å². The standard InChI is InChI=1S/C23H39N3O3.C13H22N2O/c1-23(2,3)29-22(28)25-14-8-18(9-15-25)24-12-10-19(11-13-24)26-20-7-5-4-6-17(20)16-21(26)27;16-13-9-10-3-1-2-4-12(10)15(13)11-5-7-14-8-6-11/h17-20H,4-16H2,1-3H3;10-12,14H,1-9H2/t17-,20+;10-,12+/m11/s1. The summed E-state index contributed by atoms with van der Waals surface area (Å²) < 4.78 is 5.52. The van der Waals surface area contributed by atoms with Gasteiger partial charge in [0, 0.05) is 69.2 Å². The molecule has 4 atom stereocenters. The average Bonchev–Trinajstić information content (AvgIpc) is 3.56. The molecule has 0 bridgehead atoms. The van der Waals surface area contributed by atoms with Gasteiger partial charge in [0.1, 0.15) is 5.60 Å². The van der Waals surface area contributed by atoms with E-state index in [4.69, 9.17) is 4.74 Å². The normalized spacial score (nSPS) is 32.6. The van der Waals surface area contributed by atoms with Crippen LogP contribution in [0.25, 0.3) is 0 Å². The van der Waals surface area contributed by atoms with Gasteiger partial charge in [-0.05, 0) is 110 Å². The van der Waals surface area contributed by atoms with Gasteiger partial charge in [-0.25, -0.2) is 4.79 Å². The van der Waals surface area contributed by atoms with Crippen LogP contribution in [0.15, 0.2) is 0 Å².